The Morgan fingerprint density at radius 3 is 2.20 bits per heavy atom. The van der Waals surface area contributed by atoms with Gasteiger partial charge in [-0.25, -0.2) is 0 Å². The lowest BCUT2D eigenvalue weighted by atomic mass is 10.0. The number of amides is 2. The summed E-state index contributed by atoms with van der Waals surface area (Å²) in [4.78, 5) is 46.3. The van der Waals surface area contributed by atoms with Crippen molar-refractivity contribution in [3.05, 3.63) is 48.3 Å². The molecule has 0 radical (unpaired) electrons. The zero-order chi connectivity index (χ0) is 33.4. The van der Waals surface area contributed by atoms with Gasteiger partial charge in [0.1, 0.15) is 18.6 Å². The molecule has 1 saturated heterocycles. The standard InChI is InChI=1S/C13H17N3O2.C9H13N3O2.C7H9N.C5H12/c17-8-11(5-9-1-2-9)15-13(18)10-6-14-16(7-10)12-3-4-12;1-11-4-9(14)12-5-7(6-13)2-8(12)3-10;1-8-7-5-3-2-4-6-7;1-5(2,3)4/h6-9,11-12H,1-5H2,(H,15,18);6-8,11H,2,4-5H2,1H3;2-6,8H,1H3;1-4H3. The highest BCUT2D eigenvalue weighted by molar-refractivity contribution is 5.95. The molecule has 0 spiro atoms. The summed E-state index contributed by atoms with van der Waals surface area (Å²) in [6, 6.07) is 11.8. The second-order valence-electron chi connectivity index (χ2n) is 13.3. The molecule has 2 aromatic rings. The number of likely N-dealkylation sites (N-methyl/N-ethyl adjacent to an activating group) is 1. The highest BCUT2D eigenvalue weighted by Crippen LogP contribution is 2.34. The molecule has 2 amide bonds. The third-order valence-corrected chi connectivity index (χ3v) is 6.94. The maximum Gasteiger partial charge on any atom is 0.255 e. The lowest BCUT2D eigenvalue weighted by Crippen LogP contribution is -2.40. The monoisotopic (exact) mass is 621 g/mol. The zero-order valence-electron chi connectivity index (χ0n) is 27.7. The van der Waals surface area contributed by atoms with Crippen molar-refractivity contribution in [2.24, 2.45) is 17.3 Å². The van der Waals surface area contributed by atoms with Crippen molar-refractivity contribution in [1.82, 2.24) is 25.3 Å². The summed E-state index contributed by atoms with van der Waals surface area (Å²) < 4.78 is 1.84. The molecule has 2 saturated carbocycles. The molecule has 3 N–H and O–H groups in total. The van der Waals surface area contributed by atoms with Crippen LogP contribution in [0.1, 0.15) is 82.6 Å². The molecule has 2 heterocycles. The van der Waals surface area contributed by atoms with Gasteiger partial charge in [-0.05, 0) is 56.2 Å². The number of nitrogens with zero attached hydrogens (tertiary/aromatic N) is 4. The van der Waals surface area contributed by atoms with E-state index < -0.39 is 6.04 Å². The molecule has 11 nitrogen and oxygen atoms in total. The Bertz CT molecular complexity index is 1240. The number of carbonyl (C=O) groups excluding carboxylic acids is 4. The highest BCUT2D eigenvalue weighted by Gasteiger charge is 2.34. The SMILES string of the molecule is CC(C)(C)C.CNCC(=O)N1CC(C=O)CC1C#N.CNc1ccccc1.O=CC(CC1CC1)NC(=O)c1cnn(C2CC2)c1. The maximum absolute atomic E-state index is 11.9. The minimum Gasteiger partial charge on any atom is -0.388 e. The van der Waals surface area contributed by atoms with E-state index in [-0.39, 0.29) is 30.3 Å². The minimum absolute atomic E-state index is 0.122. The van der Waals surface area contributed by atoms with E-state index in [0.717, 1.165) is 37.5 Å². The van der Waals surface area contributed by atoms with Crippen molar-refractivity contribution in [1.29, 1.82) is 5.26 Å². The van der Waals surface area contributed by atoms with Crippen LogP contribution in [0.15, 0.2) is 42.7 Å². The molecule has 3 unspecified atom stereocenters. The fraction of sp³-hybridized carbons (Fsp3) is 0.588. The van der Waals surface area contributed by atoms with Crippen LogP contribution < -0.4 is 16.0 Å². The van der Waals surface area contributed by atoms with Gasteiger partial charge in [0.05, 0.1) is 36.5 Å². The van der Waals surface area contributed by atoms with E-state index in [0.29, 0.717) is 35.9 Å². The molecule has 1 aliphatic heterocycles. The van der Waals surface area contributed by atoms with Crippen LogP contribution in [-0.4, -0.2) is 78.3 Å². The number of nitriles is 1. The number of rotatable bonds is 10. The quantitative estimate of drug-likeness (QED) is 0.334. The van der Waals surface area contributed by atoms with Gasteiger partial charge in [0.15, 0.2) is 0 Å². The van der Waals surface area contributed by atoms with Crippen LogP contribution in [0.2, 0.25) is 0 Å². The van der Waals surface area contributed by atoms with Gasteiger partial charge in [0, 0.05) is 31.4 Å². The minimum atomic E-state index is -0.439. The zero-order valence-corrected chi connectivity index (χ0v) is 27.7. The molecule has 3 fully saturated rings. The Kier molecular flexibility index (Phi) is 15.4. The Balaban J connectivity index is 0.000000231. The summed E-state index contributed by atoms with van der Waals surface area (Å²) in [5.41, 5.74) is 2.21. The first-order valence-electron chi connectivity index (χ1n) is 15.7. The molecule has 1 aromatic carbocycles. The normalized spacial score (nSPS) is 19.1. The first-order valence-corrected chi connectivity index (χ1v) is 15.7. The van der Waals surface area contributed by atoms with Gasteiger partial charge in [0.25, 0.3) is 5.91 Å². The molecule has 2 aliphatic carbocycles. The fourth-order valence-corrected chi connectivity index (χ4v) is 4.33. The molecule has 3 aliphatic rings. The molecular formula is C34H51N7O4. The van der Waals surface area contributed by atoms with Crippen LogP contribution in [0.5, 0.6) is 0 Å². The third-order valence-electron chi connectivity index (χ3n) is 6.94. The third kappa shape index (κ3) is 15.0. The number of likely N-dealkylation sites (tertiary alicyclic amines) is 1. The van der Waals surface area contributed by atoms with E-state index >= 15 is 0 Å². The average Bonchev–Trinajstić information content (AvgIpc) is 3.94. The number of hydrogen-bond acceptors (Lipinski definition) is 8. The number of aldehydes is 2. The lowest BCUT2D eigenvalue weighted by Gasteiger charge is -2.18. The summed E-state index contributed by atoms with van der Waals surface area (Å²) >= 11 is 0. The van der Waals surface area contributed by atoms with Crippen molar-refractivity contribution in [2.45, 2.75) is 84.3 Å². The van der Waals surface area contributed by atoms with E-state index in [4.69, 9.17) is 5.26 Å². The molecule has 45 heavy (non-hydrogen) atoms. The van der Waals surface area contributed by atoms with Crippen molar-refractivity contribution in [3.63, 3.8) is 0 Å². The molecule has 1 aromatic heterocycles. The summed E-state index contributed by atoms with van der Waals surface area (Å²) in [7, 11) is 3.59. The molecule has 246 valence electrons. The van der Waals surface area contributed by atoms with Crippen molar-refractivity contribution in [3.8, 4) is 6.07 Å². The topological polar surface area (TPSA) is 149 Å². The second-order valence-corrected chi connectivity index (χ2v) is 13.3. The van der Waals surface area contributed by atoms with Crippen LogP contribution >= 0.6 is 0 Å². The summed E-state index contributed by atoms with van der Waals surface area (Å²) in [5.74, 6) is 0.123. The fourth-order valence-electron chi connectivity index (χ4n) is 4.33. The molecular weight excluding hydrogens is 570 g/mol. The number of carbonyl (C=O) groups is 4. The number of para-hydroxylation sites is 1. The summed E-state index contributed by atoms with van der Waals surface area (Å²) in [6.45, 7) is 9.34. The van der Waals surface area contributed by atoms with Crippen LogP contribution in [0.25, 0.3) is 0 Å². The van der Waals surface area contributed by atoms with Gasteiger partial charge < -0.3 is 30.4 Å². The predicted molar refractivity (Wildman–Crippen MR) is 175 cm³/mol. The molecule has 11 heteroatoms. The van der Waals surface area contributed by atoms with Crippen molar-refractivity contribution in [2.75, 3.05) is 32.5 Å². The highest BCUT2D eigenvalue weighted by atomic mass is 16.2. The van der Waals surface area contributed by atoms with Crippen molar-refractivity contribution >= 4 is 30.1 Å². The summed E-state index contributed by atoms with van der Waals surface area (Å²) in [5, 5.41) is 21.5. The van der Waals surface area contributed by atoms with E-state index in [1.54, 1.807) is 19.4 Å². The molecule has 3 atom stereocenters. The molecule has 0 bridgehead atoms. The largest absolute Gasteiger partial charge is 0.388 e. The number of anilines is 1. The average molecular weight is 622 g/mol. The Morgan fingerprint density at radius 2 is 1.73 bits per heavy atom. The van der Waals surface area contributed by atoms with Gasteiger partial charge in [-0.15, -0.1) is 0 Å². The molecule has 5 rings (SSSR count). The van der Waals surface area contributed by atoms with Gasteiger partial charge in [0.2, 0.25) is 5.91 Å². The van der Waals surface area contributed by atoms with Crippen molar-refractivity contribution < 1.29 is 19.2 Å². The first-order chi connectivity index (χ1) is 21.4. The van der Waals surface area contributed by atoms with E-state index in [2.05, 4.69) is 48.7 Å². The smallest absolute Gasteiger partial charge is 0.255 e. The number of aromatic nitrogens is 2. The van der Waals surface area contributed by atoms with E-state index in [1.807, 2.05) is 48.1 Å². The van der Waals surface area contributed by atoms with E-state index in [1.165, 1.54) is 17.7 Å². The Labute approximate surface area is 268 Å². The van der Waals surface area contributed by atoms with E-state index in [9.17, 15) is 19.2 Å². The van der Waals surface area contributed by atoms with Gasteiger partial charge >= 0.3 is 0 Å². The van der Waals surface area contributed by atoms with Crippen LogP contribution in [-0.2, 0) is 14.4 Å². The van der Waals surface area contributed by atoms with Crippen LogP contribution in [0.3, 0.4) is 0 Å². The number of hydrogen-bond donors (Lipinski definition) is 3. The maximum atomic E-state index is 11.9. The second kappa shape index (κ2) is 18.7. The van der Waals surface area contributed by atoms with Gasteiger partial charge in [-0.1, -0.05) is 58.7 Å². The summed E-state index contributed by atoms with van der Waals surface area (Å²) in [6.07, 6.45) is 10.9. The Hall–Kier alpha value is -4.04. The number of benzene rings is 1. The first kappa shape index (κ1) is 37.1. The predicted octanol–water partition coefficient (Wildman–Crippen LogP) is 4.24. The Morgan fingerprint density at radius 1 is 1.09 bits per heavy atom. The van der Waals surface area contributed by atoms with Crippen LogP contribution in [0.4, 0.5) is 5.69 Å². The van der Waals surface area contributed by atoms with Gasteiger partial charge in [-0.3, -0.25) is 14.3 Å². The van der Waals surface area contributed by atoms with Crippen LogP contribution in [0, 0.1) is 28.6 Å². The lowest BCUT2D eigenvalue weighted by molar-refractivity contribution is -0.130. The van der Waals surface area contributed by atoms with Gasteiger partial charge in [-0.2, -0.15) is 10.4 Å². The number of nitrogens with one attached hydrogen (secondary N) is 3.